The van der Waals surface area contributed by atoms with E-state index in [1.54, 1.807) is 30.5 Å². The van der Waals surface area contributed by atoms with Crippen LogP contribution in [0.1, 0.15) is 37.8 Å². The SMILES string of the molecule is COC(=O)CCn1c(C)cc(C(=O)COC(=O)CNC(=O)c2cccs2)c1C. The third-order valence-corrected chi connectivity index (χ3v) is 5.01. The number of hydrogen-bond acceptors (Lipinski definition) is 7. The summed E-state index contributed by atoms with van der Waals surface area (Å²) in [7, 11) is 1.32. The molecule has 0 aliphatic carbocycles. The van der Waals surface area contributed by atoms with E-state index in [0.29, 0.717) is 22.7 Å². The van der Waals surface area contributed by atoms with Gasteiger partial charge in [-0.1, -0.05) is 6.07 Å². The van der Waals surface area contributed by atoms with Crippen molar-refractivity contribution < 1.29 is 28.7 Å². The largest absolute Gasteiger partial charge is 0.469 e. The van der Waals surface area contributed by atoms with Crippen LogP contribution in [0.25, 0.3) is 0 Å². The first-order valence-corrected chi connectivity index (χ1v) is 9.45. The van der Waals surface area contributed by atoms with Crippen LogP contribution in [0.5, 0.6) is 0 Å². The molecule has 0 spiro atoms. The first-order valence-electron chi connectivity index (χ1n) is 8.57. The van der Waals surface area contributed by atoms with Crippen LogP contribution in [0.4, 0.5) is 0 Å². The van der Waals surface area contributed by atoms with Gasteiger partial charge in [-0.05, 0) is 31.4 Å². The standard InChI is InChI=1S/C19H22N2O6S/c1-12-9-14(13(2)21(12)7-6-17(23)26-3)15(22)11-27-18(24)10-20-19(25)16-5-4-8-28-16/h4-5,8-9H,6-7,10-11H2,1-3H3,(H,20,25). The van der Waals surface area contributed by atoms with E-state index in [1.807, 2.05) is 11.5 Å². The molecule has 0 radical (unpaired) electrons. The molecule has 2 aromatic rings. The molecule has 0 atom stereocenters. The van der Waals surface area contributed by atoms with E-state index in [4.69, 9.17) is 4.74 Å². The molecule has 2 heterocycles. The van der Waals surface area contributed by atoms with Crippen molar-refractivity contribution in [2.24, 2.45) is 0 Å². The van der Waals surface area contributed by atoms with E-state index in [-0.39, 0.29) is 30.6 Å². The number of ether oxygens (including phenoxy) is 2. The zero-order valence-corrected chi connectivity index (χ0v) is 16.8. The van der Waals surface area contributed by atoms with Gasteiger partial charge in [-0.2, -0.15) is 0 Å². The van der Waals surface area contributed by atoms with Crippen molar-refractivity contribution in [2.75, 3.05) is 20.3 Å². The predicted octanol–water partition coefficient (Wildman–Crippen LogP) is 1.89. The second-order valence-corrected chi connectivity index (χ2v) is 6.95. The van der Waals surface area contributed by atoms with Gasteiger partial charge in [0.05, 0.1) is 18.4 Å². The van der Waals surface area contributed by atoms with Gasteiger partial charge in [-0.3, -0.25) is 19.2 Å². The number of aromatic nitrogens is 1. The molecule has 0 fully saturated rings. The number of methoxy groups -OCH3 is 1. The van der Waals surface area contributed by atoms with Crippen LogP contribution >= 0.6 is 11.3 Å². The normalized spacial score (nSPS) is 10.4. The molecule has 0 aliphatic heterocycles. The minimum Gasteiger partial charge on any atom is -0.469 e. The fraction of sp³-hybridized carbons (Fsp3) is 0.368. The number of amides is 1. The van der Waals surface area contributed by atoms with Gasteiger partial charge in [0.15, 0.2) is 6.61 Å². The van der Waals surface area contributed by atoms with E-state index >= 15 is 0 Å². The summed E-state index contributed by atoms with van der Waals surface area (Å²) in [4.78, 5) is 47.8. The molecule has 28 heavy (non-hydrogen) atoms. The second-order valence-electron chi connectivity index (χ2n) is 6.01. The fourth-order valence-corrected chi connectivity index (χ4v) is 3.29. The number of thiophene rings is 1. The summed E-state index contributed by atoms with van der Waals surface area (Å²) in [6, 6.07) is 5.07. The second kappa shape index (κ2) is 9.84. The molecular weight excluding hydrogens is 384 g/mol. The average molecular weight is 406 g/mol. The van der Waals surface area contributed by atoms with Crippen LogP contribution in [0.3, 0.4) is 0 Å². The van der Waals surface area contributed by atoms with Crippen LogP contribution in [0.2, 0.25) is 0 Å². The van der Waals surface area contributed by atoms with Crippen molar-refractivity contribution in [3.63, 3.8) is 0 Å². The van der Waals surface area contributed by atoms with Gasteiger partial charge >= 0.3 is 11.9 Å². The number of carbonyl (C=O) groups excluding carboxylic acids is 4. The lowest BCUT2D eigenvalue weighted by Gasteiger charge is -2.09. The molecule has 1 amide bonds. The molecular formula is C19H22N2O6S. The number of ketones is 1. The Morgan fingerprint density at radius 2 is 1.93 bits per heavy atom. The first kappa shape index (κ1) is 21.4. The van der Waals surface area contributed by atoms with Crippen LogP contribution in [0, 0.1) is 13.8 Å². The lowest BCUT2D eigenvalue weighted by atomic mass is 10.1. The van der Waals surface area contributed by atoms with Crippen molar-refractivity contribution in [3.8, 4) is 0 Å². The number of hydrogen-bond donors (Lipinski definition) is 1. The number of rotatable bonds is 9. The number of nitrogens with zero attached hydrogens (tertiary/aromatic N) is 1. The minimum atomic E-state index is -0.697. The van der Waals surface area contributed by atoms with E-state index < -0.39 is 12.6 Å². The lowest BCUT2D eigenvalue weighted by Crippen LogP contribution is -2.31. The predicted molar refractivity (Wildman–Crippen MR) is 102 cm³/mol. The summed E-state index contributed by atoms with van der Waals surface area (Å²) >= 11 is 1.26. The Bertz CT molecular complexity index is 869. The van der Waals surface area contributed by atoms with Crippen molar-refractivity contribution in [3.05, 3.63) is 45.4 Å². The zero-order valence-electron chi connectivity index (χ0n) is 15.9. The third-order valence-electron chi connectivity index (χ3n) is 4.14. The number of aryl methyl sites for hydroxylation is 1. The number of nitrogens with one attached hydrogen (secondary N) is 1. The molecule has 150 valence electrons. The fourth-order valence-electron chi connectivity index (χ4n) is 2.65. The Morgan fingerprint density at radius 3 is 2.57 bits per heavy atom. The molecule has 0 bridgehead atoms. The van der Waals surface area contributed by atoms with Crippen molar-refractivity contribution in [1.82, 2.24) is 9.88 Å². The summed E-state index contributed by atoms with van der Waals surface area (Å²) in [6.45, 7) is 3.25. The molecule has 8 nitrogen and oxygen atoms in total. The maximum atomic E-state index is 12.4. The van der Waals surface area contributed by atoms with E-state index in [9.17, 15) is 19.2 Å². The first-order chi connectivity index (χ1) is 13.3. The monoisotopic (exact) mass is 406 g/mol. The van der Waals surface area contributed by atoms with Crippen molar-refractivity contribution in [1.29, 1.82) is 0 Å². The van der Waals surface area contributed by atoms with Gasteiger partial charge in [-0.15, -0.1) is 11.3 Å². The van der Waals surface area contributed by atoms with Gasteiger partial charge in [0, 0.05) is 23.5 Å². The molecule has 0 unspecified atom stereocenters. The van der Waals surface area contributed by atoms with Gasteiger partial charge in [0.2, 0.25) is 5.78 Å². The van der Waals surface area contributed by atoms with Crippen LogP contribution < -0.4 is 5.32 Å². The minimum absolute atomic E-state index is 0.194. The van der Waals surface area contributed by atoms with E-state index in [1.165, 1.54) is 18.4 Å². The molecule has 0 saturated carbocycles. The Kier molecular flexibility index (Phi) is 7.51. The van der Waals surface area contributed by atoms with E-state index in [0.717, 1.165) is 5.69 Å². The number of carbonyl (C=O) groups is 4. The zero-order chi connectivity index (χ0) is 20.7. The van der Waals surface area contributed by atoms with Gasteiger partial charge in [-0.25, -0.2) is 0 Å². The Morgan fingerprint density at radius 1 is 1.18 bits per heavy atom. The van der Waals surface area contributed by atoms with Crippen LogP contribution in [-0.4, -0.2) is 48.5 Å². The topological polar surface area (TPSA) is 104 Å². The number of Topliss-reactive ketones (excluding diaryl/α,β-unsaturated/α-hetero) is 1. The highest BCUT2D eigenvalue weighted by Crippen LogP contribution is 2.16. The molecule has 2 aromatic heterocycles. The van der Waals surface area contributed by atoms with E-state index in [2.05, 4.69) is 10.1 Å². The maximum absolute atomic E-state index is 12.4. The summed E-state index contributed by atoms with van der Waals surface area (Å²) in [5, 5.41) is 4.20. The Hall–Kier alpha value is -2.94. The highest BCUT2D eigenvalue weighted by atomic mass is 32.1. The van der Waals surface area contributed by atoms with Gasteiger partial charge < -0.3 is 19.4 Å². The summed E-state index contributed by atoms with van der Waals surface area (Å²) < 4.78 is 11.4. The summed E-state index contributed by atoms with van der Waals surface area (Å²) in [5.41, 5.74) is 1.94. The van der Waals surface area contributed by atoms with Gasteiger partial charge in [0.25, 0.3) is 5.91 Å². The highest BCUT2D eigenvalue weighted by molar-refractivity contribution is 7.12. The molecule has 1 N–H and O–H groups in total. The van der Waals surface area contributed by atoms with Crippen LogP contribution in [-0.2, 0) is 25.6 Å². The molecule has 9 heteroatoms. The lowest BCUT2D eigenvalue weighted by molar-refractivity contribution is -0.141. The number of esters is 2. The van der Waals surface area contributed by atoms with Crippen molar-refractivity contribution >= 4 is 35.0 Å². The maximum Gasteiger partial charge on any atom is 0.325 e. The molecule has 0 aromatic carbocycles. The smallest absolute Gasteiger partial charge is 0.325 e. The van der Waals surface area contributed by atoms with Crippen LogP contribution in [0.15, 0.2) is 23.6 Å². The van der Waals surface area contributed by atoms with Gasteiger partial charge in [0.1, 0.15) is 6.54 Å². The third kappa shape index (κ3) is 5.53. The average Bonchev–Trinajstić information content (AvgIpc) is 3.31. The quantitative estimate of drug-likeness (QED) is 0.504. The van der Waals surface area contributed by atoms with Crippen molar-refractivity contribution in [2.45, 2.75) is 26.8 Å². The highest BCUT2D eigenvalue weighted by Gasteiger charge is 2.18. The Balaban J connectivity index is 1.86. The molecule has 0 saturated heterocycles. The molecule has 2 rings (SSSR count). The Labute approximate surface area is 166 Å². The molecule has 0 aliphatic rings. The summed E-state index contributed by atoms with van der Waals surface area (Å²) in [5.74, 6) is -1.75. The summed E-state index contributed by atoms with van der Waals surface area (Å²) in [6.07, 6.45) is 0.194.